The highest BCUT2D eigenvalue weighted by molar-refractivity contribution is 7.94. The van der Waals surface area contributed by atoms with Crippen LogP contribution in [0.15, 0.2) is 15.5 Å². The van der Waals surface area contributed by atoms with Gasteiger partial charge in [-0.15, -0.1) is 0 Å². The number of sulfonamides is 1. The normalized spacial score (nSPS) is 36.2. The van der Waals surface area contributed by atoms with Gasteiger partial charge in [0.15, 0.2) is 0 Å². The van der Waals surface area contributed by atoms with Gasteiger partial charge < -0.3 is 0 Å². The molecule has 0 aromatic carbocycles. The van der Waals surface area contributed by atoms with Crippen LogP contribution in [-0.4, -0.2) is 37.6 Å². The van der Waals surface area contributed by atoms with Crippen LogP contribution in [0.25, 0.3) is 0 Å². The number of aliphatic imine (C=N–C) groups is 1. The van der Waals surface area contributed by atoms with Gasteiger partial charge in [-0.2, -0.15) is 4.31 Å². The van der Waals surface area contributed by atoms with E-state index in [2.05, 4.69) is 25.8 Å². The summed E-state index contributed by atoms with van der Waals surface area (Å²) in [7, 11) is -3.40. The van der Waals surface area contributed by atoms with Gasteiger partial charge in [-0.25, -0.2) is 8.42 Å². The fraction of sp³-hybridized carbons (Fsp3) is 0.812. The average Bonchev–Trinajstić information content (AvgIpc) is 2.75. The maximum atomic E-state index is 13.1. The van der Waals surface area contributed by atoms with Crippen LogP contribution in [0, 0.1) is 10.8 Å². The highest BCUT2D eigenvalue weighted by atomic mass is 32.2. The van der Waals surface area contributed by atoms with Crippen LogP contribution in [0.4, 0.5) is 0 Å². The average molecular weight is 310 g/mol. The van der Waals surface area contributed by atoms with E-state index in [9.17, 15) is 8.42 Å². The van der Waals surface area contributed by atoms with Crippen molar-refractivity contribution in [3.05, 3.63) is 10.5 Å². The summed E-state index contributed by atoms with van der Waals surface area (Å²) in [6.45, 7) is 11.7. The summed E-state index contributed by atoms with van der Waals surface area (Å²) in [5.74, 6) is 0. The Balaban J connectivity index is 1.99. The molecule has 3 rings (SSSR count). The molecule has 2 unspecified atom stereocenters. The van der Waals surface area contributed by atoms with Crippen LogP contribution in [0.2, 0.25) is 0 Å². The Labute approximate surface area is 128 Å². The summed E-state index contributed by atoms with van der Waals surface area (Å²) >= 11 is 0. The van der Waals surface area contributed by atoms with Gasteiger partial charge in [0.1, 0.15) is 4.91 Å². The summed E-state index contributed by atoms with van der Waals surface area (Å²) in [6.07, 6.45) is 3.07. The van der Waals surface area contributed by atoms with Crippen LogP contribution in [0.3, 0.4) is 0 Å². The van der Waals surface area contributed by atoms with Crippen molar-refractivity contribution in [1.29, 1.82) is 0 Å². The van der Waals surface area contributed by atoms with E-state index in [1.165, 1.54) is 0 Å². The molecule has 0 amide bonds. The first-order valence-corrected chi connectivity index (χ1v) is 9.21. The van der Waals surface area contributed by atoms with Crippen molar-refractivity contribution >= 4 is 15.7 Å². The number of hydrogen-bond acceptors (Lipinski definition) is 3. The highest BCUT2D eigenvalue weighted by Crippen LogP contribution is 2.53. The van der Waals surface area contributed by atoms with Crippen LogP contribution in [0.1, 0.15) is 53.9 Å². The molecule has 2 atom stereocenters. The summed E-state index contributed by atoms with van der Waals surface area (Å²) in [6, 6.07) is 0.150. The van der Waals surface area contributed by atoms with Crippen molar-refractivity contribution in [3.8, 4) is 0 Å². The first-order chi connectivity index (χ1) is 9.54. The Morgan fingerprint density at radius 3 is 2.43 bits per heavy atom. The molecule has 1 aliphatic carbocycles. The van der Waals surface area contributed by atoms with Crippen LogP contribution in [0.5, 0.6) is 0 Å². The fourth-order valence-corrected chi connectivity index (χ4v) is 7.10. The second-order valence-electron chi connectivity index (χ2n) is 8.28. The number of rotatable bonds is 2. The SMILES string of the molecule is CC1=NCC(C)=C1S(=O)(=O)N1CC2(C)CC1CC(C)(C)C2. The van der Waals surface area contributed by atoms with E-state index in [0.717, 1.165) is 24.8 Å². The maximum Gasteiger partial charge on any atom is 0.245 e. The number of hydrogen-bond donors (Lipinski definition) is 0. The lowest BCUT2D eigenvalue weighted by molar-refractivity contribution is 0.133. The minimum Gasteiger partial charge on any atom is -0.284 e. The molecule has 0 N–H and O–H groups in total. The van der Waals surface area contributed by atoms with E-state index in [1.54, 1.807) is 4.31 Å². The van der Waals surface area contributed by atoms with Crippen LogP contribution < -0.4 is 0 Å². The summed E-state index contributed by atoms with van der Waals surface area (Å²) < 4.78 is 28.1. The Bertz CT molecular complexity index is 645. The lowest BCUT2D eigenvalue weighted by atomic mass is 9.65. The maximum absolute atomic E-state index is 13.1. The van der Waals surface area contributed by atoms with E-state index < -0.39 is 10.0 Å². The van der Waals surface area contributed by atoms with E-state index in [4.69, 9.17) is 0 Å². The lowest BCUT2D eigenvalue weighted by Crippen LogP contribution is -2.39. The number of nitrogens with zero attached hydrogens (tertiary/aromatic N) is 2. The Hall–Kier alpha value is -0.680. The number of fused-ring (bicyclic) bond motifs is 2. The molecule has 1 saturated carbocycles. The summed E-state index contributed by atoms with van der Waals surface area (Å²) in [5.41, 5.74) is 1.92. The van der Waals surface area contributed by atoms with E-state index in [1.807, 2.05) is 13.8 Å². The highest BCUT2D eigenvalue weighted by Gasteiger charge is 2.54. The predicted octanol–water partition coefficient (Wildman–Crippen LogP) is 2.97. The molecule has 1 saturated heterocycles. The smallest absolute Gasteiger partial charge is 0.245 e. The van der Waals surface area contributed by atoms with Gasteiger partial charge in [0, 0.05) is 12.6 Å². The topological polar surface area (TPSA) is 49.7 Å². The standard InChI is InChI=1S/C16H26N2O2S/c1-11-8-17-12(2)14(11)21(19,20)18-10-16(5)7-13(18)6-15(3,4)9-16/h13H,6-10H2,1-5H3. The molecule has 21 heavy (non-hydrogen) atoms. The molecule has 2 heterocycles. The van der Waals surface area contributed by atoms with Gasteiger partial charge in [-0.1, -0.05) is 20.8 Å². The molecule has 2 fully saturated rings. The lowest BCUT2D eigenvalue weighted by Gasteiger charge is -2.39. The molecule has 0 aromatic heterocycles. The van der Waals surface area contributed by atoms with Gasteiger partial charge >= 0.3 is 0 Å². The molecule has 4 nitrogen and oxygen atoms in total. The van der Waals surface area contributed by atoms with Gasteiger partial charge in [-0.3, -0.25) is 4.99 Å². The largest absolute Gasteiger partial charge is 0.284 e. The second kappa shape index (κ2) is 4.42. The third-order valence-electron chi connectivity index (χ3n) is 5.20. The zero-order chi connectivity index (χ0) is 15.6. The molecule has 0 aromatic rings. The Morgan fingerprint density at radius 2 is 1.86 bits per heavy atom. The molecular formula is C16H26N2O2S. The minimum absolute atomic E-state index is 0.123. The van der Waals surface area contributed by atoms with E-state index in [0.29, 0.717) is 23.7 Å². The van der Waals surface area contributed by atoms with E-state index in [-0.39, 0.29) is 16.9 Å². The summed E-state index contributed by atoms with van der Waals surface area (Å²) in [5, 5.41) is 0. The molecule has 2 aliphatic heterocycles. The number of allylic oxidation sites excluding steroid dienone is 1. The van der Waals surface area contributed by atoms with Gasteiger partial charge in [-0.05, 0) is 49.5 Å². The fourth-order valence-electron chi connectivity index (χ4n) is 4.90. The monoisotopic (exact) mass is 310 g/mol. The molecule has 3 aliphatic rings. The van der Waals surface area contributed by atoms with Crippen molar-refractivity contribution in [2.24, 2.45) is 15.8 Å². The molecular weight excluding hydrogens is 284 g/mol. The third kappa shape index (κ3) is 2.38. The minimum atomic E-state index is -3.40. The Kier molecular flexibility index (Phi) is 3.20. The quantitative estimate of drug-likeness (QED) is 0.787. The molecule has 0 spiro atoms. The van der Waals surface area contributed by atoms with Crippen molar-refractivity contribution in [3.63, 3.8) is 0 Å². The van der Waals surface area contributed by atoms with Crippen molar-refractivity contribution in [2.75, 3.05) is 13.1 Å². The molecule has 5 heteroatoms. The first-order valence-electron chi connectivity index (χ1n) is 7.77. The second-order valence-corrected chi connectivity index (χ2v) is 10.1. The molecule has 0 radical (unpaired) electrons. The molecule has 118 valence electrons. The van der Waals surface area contributed by atoms with Crippen molar-refractivity contribution < 1.29 is 8.42 Å². The first kappa shape index (κ1) is 15.2. The molecule has 2 bridgehead atoms. The van der Waals surface area contributed by atoms with Gasteiger partial charge in [0.2, 0.25) is 10.0 Å². The zero-order valence-corrected chi connectivity index (χ0v) is 14.5. The van der Waals surface area contributed by atoms with Crippen molar-refractivity contribution in [2.45, 2.75) is 59.9 Å². The van der Waals surface area contributed by atoms with Crippen LogP contribution >= 0.6 is 0 Å². The van der Waals surface area contributed by atoms with E-state index >= 15 is 0 Å². The van der Waals surface area contributed by atoms with Gasteiger partial charge in [0.05, 0.1) is 12.3 Å². The zero-order valence-electron chi connectivity index (χ0n) is 13.7. The van der Waals surface area contributed by atoms with Gasteiger partial charge in [0.25, 0.3) is 0 Å². The Morgan fingerprint density at radius 1 is 1.19 bits per heavy atom. The summed E-state index contributed by atoms with van der Waals surface area (Å²) in [4.78, 5) is 4.79. The van der Waals surface area contributed by atoms with Crippen molar-refractivity contribution in [1.82, 2.24) is 4.31 Å². The predicted molar refractivity (Wildman–Crippen MR) is 85.8 cm³/mol. The third-order valence-corrected chi connectivity index (χ3v) is 7.41. The van der Waals surface area contributed by atoms with Crippen LogP contribution in [-0.2, 0) is 10.0 Å².